The number of hydrogen-bond acceptors (Lipinski definition) is 2. The van der Waals surface area contributed by atoms with E-state index in [-0.39, 0.29) is 6.04 Å². The summed E-state index contributed by atoms with van der Waals surface area (Å²) in [6.07, 6.45) is 0. The molecule has 2 N–H and O–H groups in total. The van der Waals surface area contributed by atoms with Crippen molar-refractivity contribution in [2.75, 3.05) is 6.61 Å². The quantitative estimate of drug-likeness (QED) is 0.828. The molecule has 0 saturated carbocycles. The molecule has 0 spiro atoms. The Balaban J connectivity index is 2.42. The van der Waals surface area contributed by atoms with Crippen LogP contribution in [0.1, 0.15) is 29.7 Å². The first-order valence-electron chi connectivity index (χ1n) is 6.36. The van der Waals surface area contributed by atoms with Gasteiger partial charge in [-0.3, -0.25) is 0 Å². The third-order valence-electron chi connectivity index (χ3n) is 3.01. The van der Waals surface area contributed by atoms with Crippen molar-refractivity contribution in [3.05, 3.63) is 62.7 Å². The van der Waals surface area contributed by atoms with Gasteiger partial charge in [-0.2, -0.15) is 0 Å². The summed E-state index contributed by atoms with van der Waals surface area (Å²) in [7, 11) is 0. The molecule has 2 aromatic rings. The monoisotopic (exact) mass is 367 g/mol. The summed E-state index contributed by atoms with van der Waals surface area (Å²) >= 11 is 2.30. The van der Waals surface area contributed by atoms with Crippen molar-refractivity contribution in [2.45, 2.75) is 19.9 Å². The van der Waals surface area contributed by atoms with E-state index < -0.39 is 0 Å². The molecule has 19 heavy (non-hydrogen) atoms. The van der Waals surface area contributed by atoms with E-state index in [9.17, 15) is 0 Å². The third kappa shape index (κ3) is 3.48. The molecule has 100 valence electrons. The normalized spacial score (nSPS) is 12.2. The van der Waals surface area contributed by atoms with Gasteiger partial charge in [0, 0.05) is 9.13 Å². The minimum absolute atomic E-state index is 0.156. The number of halogens is 1. The Labute approximate surface area is 128 Å². The summed E-state index contributed by atoms with van der Waals surface area (Å²) in [5.41, 5.74) is 9.75. The Bertz CT molecular complexity index is 568. The first kappa shape index (κ1) is 14.3. The van der Waals surface area contributed by atoms with Crippen molar-refractivity contribution in [3.63, 3.8) is 0 Å². The Hall–Kier alpha value is -1.07. The molecule has 3 heteroatoms. The van der Waals surface area contributed by atoms with E-state index >= 15 is 0 Å². The standard InChI is InChI=1S/C16H18INO/c1-3-19-15-8-7-11(2)9-14(15)16(18)12-5-4-6-13(17)10-12/h4-10,16H,3,18H2,1-2H3. The van der Waals surface area contributed by atoms with Gasteiger partial charge in [-0.1, -0.05) is 29.8 Å². The molecule has 0 radical (unpaired) electrons. The zero-order valence-electron chi connectivity index (χ0n) is 11.2. The van der Waals surface area contributed by atoms with E-state index in [0.29, 0.717) is 6.61 Å². The van der Waals surface area contributed by atoms with Crippen LogP contribution in [0.5, 0.6) is 5.75 Å². The minimum Gasteiger partial charge on any atom is -0.494 e. The highest BCUT2D eigenvalue weighted by molar-refractivity contribution is 14.1. The molecule has 2 nitrogen and oxygen atoms in total. The zero-order valence-corrected chi connectivity index (χ0v) is 13.3. The Morgan fingerprint density at radius 3 is 2.68 bits per heavy atom. The van der Waals surface area contributed by atoms with E-state index in [1.807, 2.05) is 19.1 Å². The van der Waals surface area contributed by atoms with Crippen LogP contribution in [-0.2, 0) is 0 Å². The van der Waals surface area contributed by atoms with Crippen molar-refractivity contribution in [2.24, 2.45) is 5.73 Å². The van der Waals surface area contributed by atoms with Crippen LogP contribution in [0.3, 0.4) is 0 Å². The lowest BCUT2D eigenvalue weighted by Crippen LogP contribution is -2.14. The van der Waals surface area contributed by atoms with Gasteiger partial charge in [0.2, 0.25) is 0 Å². The van der Waals surface area contributed by atoms with Gasteiger partial charge in [0.1, 0.15) is 5.75 Å². The minimum atomic E-state index is -0.156. The van der Waals surface area contributed by atoms with E-state index in [1.165, 1.54) is 9.13 Å². The fourth-order valence-electron chi connectivity index (χ4n) is 2.08. The molecule has 0 aliphatic carbocycles. The van der Waals surface area contributed by atoms with Gasteiger partial charge in [-0.15, -0.1) is 0 Å². The molecule has 0 aromatic heterocycles. The van der Waals surface area contributed by atoms with E-state index in [4.69, 9.17) is 10.5 Å². The van der Waals surface area contributed by atoms with Gasteiger partial charge >= 0.3 is 0 Å². The van der Waals surface area contributed by atoms with Crippen LogP contribution >= 0.6 is 22.6 Å². The summed E-state index contributed by atoms with van der Waals surface area (Å²) in [6, 6.07) is 14.3. The van der Waals surface area contributed by atoms with E-state index in [1.54, 1.807) is 0 Å². The summed E-state index contributed by atoms with van der Waals surface area (Å²) in [5.74, 6) is 0.875. The molecule has 2 rings (SSSR count). The van der Waals surface area contributed by atoms with Crippen LogP contribution in [0.15, 0.2) is 42.5 Å². The first-order valence-corrected chi connectivity index (χ1v) is 7.44. The third-order valence-corrected chi connectivity index (χ3v) is 3.68. The predicted molar refractivity (Wildman–Crippen MR) is 87.5 cm³/mol. The summed E-state index contributed by atoms with van der Waals surface area (Å²) in [5, 5.41) is 0. The Morgan fingerprint density at radius 2 is 2.00 bits per heavy atom. The van der Waals surface area contributed by atoms with E-state index in [0.717, 1.165) is 16.9 Å². The Kier molecular flexibility index (Phi) is 4.82. The van der Waals surface area contributed by atoms with Gasteiger partial charge in [0.05, 0.1) is 12.6 Å². The number of nitrogens with two attached hydrogens (primary N) is 1. The lowest BCUT2D eigenvalue weighted by molar-refractivity contribution is 0.335. The average molecular weight is 367 g/mol. The molecule has 1 atom stereocenters. The first-order chi connectivity index (χ1) is 9.11. The average Bonchev–Trinajstić information content (AvgIpc) is 2.40. The van der Waals surface area contributed by atoms with Gasteiger partial charge in [-0.05, 0) is 60.2 Å². The number of hydrogen-bond donors (Lipinski definition) is 1. The molecule has 2 aromatic carbocycles. The zero-order chi connectivity index (χ0) is 13.8. The van der Waals surface area contributed by atoms with Crippen LogP contribution in [0.2, 0.25) is 0 Å². The van der Waals surface area contributed by atoms with Gasteiger partial charge in [0.25, 0.3) is 0 Å². The van der Waals surface area contributed by atoms with Crippen molar-refractivity contribution >= 4 is 22.6 Å². The number of ether oxygens (including phenoxy) is 1. The molecule has 0 fully saturated rings. The highest BCUT2D eigenvalue weighted by atomic mass is 127. The highest BCUT2D eigenvalue weighted by Crippen LogP contribution is 2.30. The fourth-order valence-corrected chi connectivity index (χ4v) is 2.64. The second kappa shape index (κ2) is 6.39. The van der Waals surface area contributed by atoms with Gasteiger partial charge < -0.3 is 10.5 Å². The summed E-state index contributed by atoms with van der Waals surface area (Å²) in [6.45, 7) is 4.70. The molecule has 0 amide bonds. The highest BCUT2D eigenvalue weighted by Gasteiger charge is 2.14. The molecule has 0 heterocycles. The maximum atomic E-state index is 6.40. The van der Waals surface area contributed by atoms with Gasteiger partial charge in [0.15, 0.2) is 0 Å². The lowest BCUT2D eigenvalue weighted by Gasteiger charge is -2.18. The van der Waals surface area contributed by atoms with Crippen molar-refractivity contribution in [1.82, 2.24) is 0 Å². The van der Waals surface area contributed by atoms with Crippen LogP contribution < -0.4 is 10.5 Å². The smallest absolute Gasteiger partial charge is 0.124 e. The van der Waals surface area contributed by atoms with Crippen LogP contribution in [0, 0.1) is 10.5 Å². The van der Waals surface area contributed by atoms with Crippen molar-refractivity contribution in [3.8, 4) is 5.75 Å². The van der Waals surface area contributed by atoms with Crippen LogP contribution in [0.25, 0.3) is 0 Å². The molecule has 0 aliphatic rings. The number of rotatable bonds is 4. The predicted octanol–water partition coefficient (Wildman–Crippen LogP) is 4.05. The Morgan fingerprint density at radius 1 is 1.21 bits per heavy atom. The topological polar surface area (TPSA) is 35.2 Å². The van der Waals surface area contributed by atoms with Crippen molar-refractivity contribution < 1.29 is 4.74 Å². The maximum absolute atomic E-state index is 6.40. The van der Waals surface area contributed by atoms with Crippen molar-refractivity contribution in [1.29, 1.82) is 0 Å². The van der Waals surface area contributed by atoms with E-state index in [2.05, 4.69) is 59.8 Å². The van der Waals surface area contributed by atoms with Gasteiger partial charge in [-0.25, -0.2) is 0 Å². The maximum Gasteiger partial charge on any atom is 0.124 e. The molecule has 0 bridgehead atoms. The van der Waals surface area contributed by atoms with Crippen LogP contribution in [0.4, 0.5) is 0 Å². The molecular weight excluding hydrogens is 349 g/mol. The van der Waals surface area contributed by atoms with Crippen LogP contribution in [-0.4, -0.2) is 6.61 Å². The number of aryl methyl sites for hydroxylation is 1. The second-order valence-electron chi connectivity index (χ2n) is 4.51. The largest absolute Gasteiger partial charge is 0.494 e. The SMILES string of the molecule is CCOc1ccc(C)cc1C(N)c1cccc(I)c1. The summed E-state index contributed by atoms with van der Waals surface area (Å²) in [4.78, 5) is 0. The summed E-state index contributed by atoms with van der Waals surface area (Å²) < 4.78 is 6.87. The molecule has 1 unspecified atom stereocenters. The fraction of sp³-hybridized carbons (Fsp3) is 0.250. The molecular formula is C16H18INO. The second-order valence-corrected chi connectivity index (χ2v) is 5.75. The molecule has 0 aliphatic heterocycles. The number of benzene rings is 2. The lowest BCUT2D eigenvalue weighted by atomic mass is 9.97. The molecule has 0 saturated heterocycles.